The van der Waals surface area contributed by atoms with Crippen LogP contribution in [0.2, 0.25) is 0 Å². The molecule has 0 amide bonds. The zero-order valence-corrected chi connectivity index (χ0v) is 11.9. The number of rotatable bonds is 3. The SMILES string of the molecule is CCCc1ccc([N+](=O)[O-])c2[nH]c3ccc(O)cc3c(=O)c12. The number of nitrogens with one attached hydrogen (secondary N) is 1. The summed E-state index contributed by atoms with van der Waals surface area (Å²) in [5.74, 6) is -0.0141. The lowest BCUT2D eigenvalue weighted by Gasteiger charge is -2.08. The molecular weight excluding hydrogens is 284 g/mol. The maximum Gasteiger partial charge on any atom is 0.293 e. The van der Waals surface area contributed by atoms with E-state index in [2.05, 4.69) is 4.98 Å². The van der Waals surface area contributed by atoms with Gasteiger partial charge in [-0.3, -0.25) is 14.9 Å². The lowest BCUT2D eigenvalue weighted by Crippen LogP contribution is -2.08. The monoisotopic (exact) mass is 298 g/mol. The average molecular weight is 298 g/mol. The third-order valence-electron chi connectivity index (χ3n) is 3.72. The number of benzene rings is 2. The molecule has 0 aliphatic rings. The zero-order chi connectivity index (χ0) is 15.9. The first kappa shape index (κ1) is 14.1. The third kappa shape index (κ3) is 2.09. The molecule has 0 saturated heterocycles. The highest BCUT2D eigenvalue weighted by molar-refractivity contribution is 5.98. The van der Waals surface area contributed by atoms with Gasteiger partial charge in [0.2, 0.25) is 0 Å². The summed E-state index contributed by atoms with van der Waals surface area (Å²) in [4.78, 5) is 26.5. The number of nitrogens with zero attached hydrogens (tertiary/aromatic N) is 1. The molecule has 1 aromatic heterocycles. The highest BCUT2D eigenvalue weighted by Gasteiger charge is 2.19. The lowest BCUT2D eigenvalue weighted by atomic mass is 10.0. The van der Waals surface area contributed by atoms with Crippen LogP contribution in [0.15, 0.2) is 35.1 Å². The van der Waals surface area contributed by atoms with Crippen LogP contribution >= 0.6 is 0 Å². The van der Waals surface area contributed by atoms with Gasteiger partial charge < -0.3 is 10.1 Å². The zero-order valence-electron chi connectivity index (χ0n) is 11.9. The van der Waals surface area contributed by atoms with Gasteiger partial charge in [0.15, 0.2) is 5.43 Å². The van der Waals surface area contributed by atoms with Crippen LogP contribution in [-0.4, -0.2) is 15.0 Å². The van der Waals surface area contributed by atoms with Crippen LogP contribution in [0.4, 0.5) is 5.69 Å². The Morgan fingerprint density at radius 1 is 1.27 bits per heavy atom. The standard InChI is InChI=1S/C16H14N2O4/c1-2-3-9-4-7-13(18(21)22)15-14(9)16(20)11-8-10(19)5-6-12(11)17-15/h4-8,19H,2-3H2,1H3,(H,17,20). The minimum atomic E-state index is -0.500. The van der Waals surface area contributed by atoms with Gasteiger partial charge in [0.05, 0.1) is 15.8 Å². The number of aromatic nitrogens is 1. The van der Waals surface area contributed by atoms with Gasteiger partial charge in [-0.2, -0.15) is 0 Å². The summed E-state index contributed by atoms with van der Waals surface area (Å²) in [6, 6.07) is 7.42. The number of nitro groups is 1. The van der Waals surface area contributed by atoms with Crippen molar-refractivity contribution in [1.82, 2.24) is 4.98 Å². The largest absolute Gasteiger partial charge is 0.508 e. The molecule has 0 saturated carbocycles. The first-order chi connectivity index (χ1) is 10.5. The van der Waals surface area contributed by atoms with Gasteiger partial charge >= 0.3 is 0 Å². The molecule has 0 aliphatic carbocycles. The fraction of sp³-hybridized carbons (Fsp3) is 0.188. The summed E-state index contributed by atoms with van der Waals surface area (Å²) in [6.45, 7) is 1.98. The van der Waals surface area contributed by atoms with Crippen LogP contribution in [0, 0.1) is 10.1 Å². The fourth-order valence-electron chi connectivity index (χ4n) is 2.75. The Morgan fingerprint density at radius 3 is 2.73 bits per heavy atom. The van der Waals surface area contributed by atoms with Crippen molar-refractivity contribution in [2.45, 2.75) is 19.8 Å². The van der Waals surface area contributed by atoms with Gasteiger partial charge in [-0.1, -0.05) is 19.4 Å². The molecule has 0 unspecified atom stereocenters. The van der Waals surface area contributed by atoms with E-state index in [0.29, 0.717) is 22.7 Å². The number of hydrogen-bond acceptors (Lipinski definition) is 4. The normalized spacial score (nSPS) is 11.1. The van der Waals surface area contributed by atoms with Crippen LogP contribution < -0.4 is 5.43 Å². The molecule has 6 nitrogen and oxygen atoms in total. The van der Waals surface area contributed by atoms with E-state index in [1.165, 1.54) is 18.2 Å². The molecule has 0 aliphatic heterocycles. The van der Waals surface area contributed by atoms with Crippen molar-refractivity contribution >= 4 is 27.5 Å². The van der Waals surface area contributed by atoms with E-state index in [9.17, 15) is 20.0 Å². The van der Waals surface area contributed by atoms with E-state index < -0.39 is 4.92 Å². The number of pyridine rings is 1. The number of phenolic OH excluding ortho intramolecular Hbond substituents is 1. The van der Waals surface area contributed by atoms with Gasteiger partial charge in [0.25, 0.3) is 5.69 Å². The summed E-state index contributed by atoms with van der Waals surface area (Å²) in [7, 11) is 0. The van der Waals surface area contributed by atoms with Gasteiger partial charge in [0.1, 0.15) is 11.3 Å². The third-order valence-corrected chi connectivity index (χ3v) is 3.72. The number of aromatic amines is 1. The first-order valence-electron chi connectivity index (χ1n) is 6.98. The van der Waals surface area contributed by atoms with E-state index in [4.69, 9.17) is 0 Å². The smallest absolute Gasteiger partial charge is 0.293 e. The molecule has 0 atom stereocenters. The van der Waals surface area contributed by atoms with Gasteiger partial charge in [0, 0.05) is 11.5 Å². The quantitative estimate of drug-likeness (QED) is 0.440. The number of fused-ring (bicyclic) bond motifs is 2. The first-order valence-corrected chi connectivity index (χ1v) is 6.98. The van der Waals surface area contributed by atoms with Crippen LogP contribution in [-0.2, 0) is 6.42 Å². The molecule has 0 radical (unpaired) electrons. The predicted molar refractivity (Wildman–Crippen MR) is 84.4 cm³/mol. The Morgan fingerprint density at radius 2 is 2.05 bits per heavy atom. The van der Waals surface area contributed by atoms with E-state index in [1.54, 1.807) is 12.1 Å². The van der Waals surface area contributed by atoms with E-state index in [-0.39, 0.29) is 22.4 Å². The minimum absolute atomic E-state index is 0.0141. The van der Waals surface area contributed by atoms with Crippen LogP contribution in [0.5, 0.6) is 5.75 Å². The summed E-state index contributed by atoms with van der Waals surface area (Å²) >= 11 is 0. The Balaban J connectivity index is 2.54. The number of non-ortho nitro benzene ring substituents is 1. The second kappa shape index (κ2) is 5.14. The molecule has 3 rings (SSSR count). The summed E-state index contributed by atoms with van der Waals surface area (Å²) in [5.41, 5.74) is 1.05. The Labute approximate surface area is 125 Å². The Bertz CT molecular complexity index is 960. The topological polar surface area (TPSA) is 96.2 Å². The number of nitro benzene ring substituents is 1. The maximum atomic E-state index is 12.8. The van der Waals surface area contributed by atoms with Crippen LogP contribution in [0.3, 0.4) is 0 Å². The fourth-order valence-corrected chi connectivity index (χ4v) is 2.75. The molecule has 112 valence electrons. The molecule has 0 fully saturated rings. The van der Waals surface area contributed by atoms with E-state index >= 15 is 0 Å². The summed E-state index contributed by atoms with van der Waals surface area (Å²) < 4.78 is 0. The van der Waals surface area contributed by atoms with Crippen molar-refractivity contribution in [3.63, 3.8) is 0 Å². The van der Waals surface area contributed by atoms with Crippen molar-refractivity contribution in [3.8, 4) is 5.75 Å². The average Bonchev–Trinajstić information content (AvgIpc) is 2.48. The number of aryl methyl sites for hydroxylation is 1. The van der Waals surface area contributed by atoms with Crippen molar-refractivity contribution in [2.75, 3.05) is 0 Å². The molecule has 1 heterocycles. The molecule has 0 bridgehead atoms. The molecule has 0 spiro atoms. The van der Waals surface area contributed by atoms with Gasteiger partial charge in [-0.25, -0.2) is 0 Å². The maximum absolute atomic E-state index is 12.8. The lowest BCUT2D eigenvalue weighted by molar-refractivity contribution is -0.383. The van der Waals surface area contributed by atoms with Crippen molar-refractivity contribution in [1.29, 1.82) is 0 Å². The highest BCUT2D eigenvalue weighted by atomic mass is 16.6. The number of H-pyrrole nitrogens is 1. The minimum Gasteiger partial charge on any atom is -0.508 e. The molecule has 2 aromatic carbocycles. The highest BCUT2D eigenvalue weighted by Crippen LogP contribution is 2.28. The van der Waals surface area contributed by atoms with Crippen molar-refractivity contribution < 1.29 is 10.0 Å². The molecular formula is C16H14N2O4. The van der Waals surface area contributed by atoms with Crippen molar-refractivity contribution in [3.05, 3.63) is 56.2 Å². The number of phenols is 1. The summed E-state index contributed by atoms with van der Waals surface area (Å²) in [5, 5.41) is 21.5. The van der Waals surface area contributed by atoms with Crippen LogP contribution in [0.25, 0.3) is 21.8 Å². The molecule has 22 heavy (non-hydrogen) atoms. The predicted octanol–water partition coefficient (Wildman–Crippen LogP) is 3.25. The second-order valence-electron chi connectivity index (χ2n) is 5.18. The molecule has 6 heteroatoms. The number of hydrogen-bond donors (Lipinski definition) is 2. The molecule has 3 aromatic rings. The second-order valence-corrected chi connectivity index (χ2v) is 5.18. The van der Waals surface area contributed by atoms with Gasteiger partial charge in [-0.15, -0.1) is 0 Å². The number of aromatic hydroxyl groups is 1. The van der Waals surface area contributed by atoms with Crippen LogP contribution in [0.1, 0.15) is 18.9 Å². The van der Waals surface area contributed by atoms with Crippen molar-refractivity contribution in [2.24, 2.45) is 0 Å². The van der Waals surface area contributed by atoms with E-state index in [0.717, 1.165) is 12.0 Å². The van der Waals surface area contributed by atoms with E-state index in [1.807, 2.05) is 6.92 Å². The van der Waals surface area contributed by atoms with Gasteiger partial charge in [-0.05, 0) is 30.2 Å². The Hall–Kier alpha value is -2.89. The summed E-state index contributed by atoms with van der Waals surface area (Å²) in [6.07, 6.45) is 1.48. The Kier molecular flexibility index (Phi) is 3.29. The molecule has 2 N–H and O–H groups in total.